The van der Waals surface area contributed by atoms with E-state index >= 15 is 0 Å². The molecule has 0 amide bonds. The quantitative estimate of drug-likeness (QED) is 0.661. The van der Waals surface area contributed by atoms with Crippen LogP contribution in [0.4, 0.5) is 8.78 Å². The van der Waals surface area contributed by atoms with E-state index in [-0.39, 0.29) is 11.3 Å². The Balaban J connectivity index is 1.71. The van der Waals surface area contributed by atoms with Gasteiger partial charge in [0.25, 0.3) is 0 Å². The first kappa shape index (κ1) is 16.0. The van der Waals surface area contributed by atoms with Gasteiger partial charge in [0.15, 0.2) is 0 Å². The highest BCUT2D eigenvalue weighted by Gasteiger charge is 2.34. The van der Waals surface area contributed by atoms with Crippen LogP contribution >= 0.6 is 0 Å². The minimum atomic E-state index is -3.32. The van der Waals surface area contributed by atoms with Gasteiger partial charge in [-0.3, -0.25) is 0 Å². The molecule has 0 unspecified atom stereocenters. The number of alkyl halides is 2. The average molecular weight is 316 g/mol. The predicted molar refractivity (Wildman–Crippen MR) is 87.8 cm³/mol. The van der Waals surface area contributed by atoms with Crippen LogP contribution in [0.2, 0.25) is 0 Å². The monoisotopic (exact) mass is 316 g/mol. The van der Waals surface area contributed by atoms with Crippen molar-refractivity contribution in [2.75, 3.05) is 0 Å². The van der Waals surface area contributed by atoms with Crippen LogP contribution in [0.3, 0.4) is 0 Å². The van der Waals surface area contributed by atoms with Crippen molar-refractivity contribution in [3.8, 4) is 5.75 Å². The van der Waals surface area contributed by atoms with Crippen molar-refractivity contribution < 1.29 is 13.5 Å². The first-order chi connectivity index (χ1) is 11.0. The summed E-state index contributed by atoms with van der Waals surface area (Å²) in [6, 6.07) is 14.8. The Bertz CT molecular complexity index is 614. The van der Waals surface area contributed by atoms with Gasteiger partial charge in [0.05, 0.1) is 5.56 Å². The van der Waals surface area contributed by atoms with Crippen molar-refractivity contribution in [2.24, 2.45) is 5.92 Å². The third kappa shape index (κ3) is 3.90. The number of ether oxygens (including phenoxy) is 1. The summed E-state index contributed by atoms with van der Waals surface area (Å²) in [5.74, 6) is 1.46. The Labute approximate surface area is 136 Å². The minimum Gasteiger partial charge on any atom is -0.429 e. The molecular formula is C20H22F2O. The number of rotatable bonds is 4. The molecule has 0 spiro atoms. The summed E-state index contributed by atoms with van der Waals surface area (Å²) < 4.78 is 33.3. The SMILES string of the molecule is CC1CCC(c2ccc(C(F)(F)Oc3ccccc3)cc2)CC1. The number of benzene rings is 2. The van der Waals surface area contributed by atoms with Crippen molar-refractivity contribution in [3.63, 3.8) is 0 Å². The Morgan fingerprint density at radius 3 is 2.09 bits per heavy atom. The van der Waals surface area contributed by atoms with Crippen LogP contribution in [0.1, 0.15) is 49.7 Å². The largest absolute Gasteiger partial charge is 0.429 e. The first-order valence-corrected chi connectivity index (χ1v) is 8.27. The fourth-order valence-corrected chi connectivity index (χ4v) is 3.24. The van der Waals surface area contributed by atoms with Crippen LogP contribution in [0.15, 0.2) is 54.6 Å². The molecule has 1 fully saturated rings. The normalized spacial score (nSPS) is 21.9. The van der Waals surface area contributed by atoms with E-state index in [4.69, 9.17) is 4.74 Å². The highest BCUT2D eigenvalue weighted by molar-refractivity contribution is 5.29. The van der Waals surface area contributed by atoms with Crippen LogP contribution < -0.4 is 4.74 Å². The summed E-state index contributed by atoms with van der Waals surface area (Å²) in [6.45, 7) is 2.28. The summed E-state index contributed by atoms with van der Waals surface area (Å²) in [7, 11) is 0. The highest BCUT2D eigenvalue weighted by Crippen LogP contribution is 2.37. The molecule has 1 nitrogen and oxygen atoms in total. The van der Waals surface area contributed by atoms with E-state index < -0.39 is 6.11 Å². The molecule has 0 atom stereocenters. The second kappa shape index (κ2) is 6.69. The van der Waals surface area contributed by atoms with E-state index in [2.05, 4.69) is 6.92 Å². The van der Waals surface area contributed by atoms with Crippen molar-refractivity contribution in [2.45, 2.75) is 44.6 Å². The van der Waals surface area contributed by atoms with Gasteiger partial charge in [-0.05, 0) is 54.5 Å². The molecule has 0 N–H and O–H groups in total. The number of para-hydroxylation sites is 1. The Morgan fingerprint density at radius 2 is 1.48 bits per heavy atom. The first-order valence-electron chi connectivity index (χ1n) is 8.27. The van der Waals surface area contributed by atoms with E-state index in [0.717, 1.165) is 24.3 Å². The maximum atomic E-state index is 14.2. The Kier molecular flexibility index (Phi) is 4.65. The van der Waals surface area contributed by atoms with Gasteiger partial charge in [-0.1, -0.05) is 50.1 Å². The molecule has 0 bridgehead atoms. The Morgan fingerprint density at radius 1 is 0.870 bits per heavy atom. The molecule has 0 aliphatic heterocycles. The standard InChI is InChI=1S/C20H22F2O/c1-15-7-9-16(10-8-15)17-11-13-18(14-12-17)20(21,22)23-19-5-3-2-4-6-19/h2-6,11-16H,7-10H2,1H3. The summed E-state index contributed by atoms with van der Waals surface area (Å²) >= 11 is 0. The molecule has 3 rings (SSSR count). The molecule has 0 heterocycles. The van der Waals surface area contributed by atoms with Crippen molar-refractivity contribution in [3.05, 3.63) is 65.7 Å². The summed E-state index contributed by atoms with van der Waals surface area (Å²) in [6.07, 6.45) is 1.43. The maximum Gasteiger partial charge on any atom is 0.426 e. The van der Waals surface area contributed by atoms with Gasteiger partial charge >= 0.3 is 6.11 Å². The molecule has 23 heavy (non-hydrogen) atoms. The molecule has 2 aromatic rings. The van der Waals surface area contributed by atoms with Crippen LogP contribution in [0.25, 0.3) is 0 Å². The van der Waals surface area contributed by atoms with Crippen LogP contribution in [-0.2, 0) is 6.11 Å². The minimum absolute atomic E-state index is 0.103. The lowest BCUT2D eigenvalue weighted by Gasteiger charge is -2.27. The van der Waals surface area contributed by atoms with Gasteiger partial charge in [0, 0.05) is 0 Å². The lowest BCUT2D eigenvalue weighted by atomic mass is 9.79. The van der Waals surface area contributed by atoms with Gasteiger partial charge in [0.2, 0.25) is 0 Å². The number of halogens is 2. The average Bonchev–Trinajstić information content (AvgIpc) is 2.56. The molecule has 3 heteroatoms. The molecule has 0 radical (unpaired) electrons. The van der Waals surface area contributed by atoms with E-state index in [1.54, 1.807) is 18.2 Å². The van der Waals surface area contributed by atoms with Crippen molar-refractivity contribution >= 4 is 0 Å². The molecule has 1 aliphatic carbocycles. The van der Waals surface area contributed by atoms with Crippen LogP contribution in [-0.4, -0.2) is 0 Å². The number of hydrogen-bond acceptors (Lipinski definition) is 1. The van der Waals surface area contributed by atoms with E-state index in [1.807, 2.05) is 12.1 Å². The lowest BCUT2D eigenvalue weighted by molar-refractivity contribution is -0.185. The second-order valence-corrected chi connectivity index (χ2v) is 6.51. The maximum absolute atomic E-state index is 14.2. The van der Waals surface area contributed by atoms with Gasteiger partial charge in [-0.2, -0.15) is 8.78 Å². The molecule has 1 saturated carbocycles. The van der Waals surface area contributed by atoms with Crippen molar-refractivity contribution in [1.82, 2.24) is 0 Å². The smallest absolute Gasteiger partial charge is 0.426 e. The third-order valence-corrected chi connectivity index (χ3v) is 4.72. The van der Waals surface area contributed by atoms with Gasteiger partial charge in [0.1, 0.15) is 5.75 Å². The van der Waals surface area contributed by atoms with E-state index in [1.165, 1.54) is 37.1 Å². The number of hydrogen-bond donors (Lipinski definition) is 0. The van der Waals surface area contributed by atoms with Crippen molar-refractivity contribution in [1.29, 1.82) is 0 Å². The second-order valence-electron chi connectivity index (χ2n) is 6.51. The van der Waals surface area contributed by atoms with Crippen LogP contribution in [0, 0.1) is 5.92 Å². The molecule has 0 saturated heterocycles. The van der Waals surface area contributed by atoms with Crippen LogP contribution in [0.5, 0.6) is 5.75 Å². The third-order valence-electron chi connectivity index (χ3n) is 4.72. The highest BCUT2D eigenvalue weighted by atomic mass is 19.3. The summed E-state index contributed by atoms with van der Waals surface area (Å²) in [4.78, 5) is 0. The summed E-state index contributed by atoms with van der Waals surface area (Å²) in [5, 5.41) is 0. The van der Waals surface area contributed by atoms with Gasteiger partial charge < -0.3 is 4.74 Å². The predicted octanol–water partition coefficient (Wildman–Crippen LogP) is 6.11. The van der Waals surface area contributed by atoms with Gasteiger partial charge in [-0.25, -0.2) is 0 Å². The van der Waals surface area contributed by atoms with E-state index in [9.17, 15) is 8.78 Å². The fourth-order valence-electron chi connectivity index (χ4n) is 3.24. The zero-order valence-electron chi connectivity index (χ0n) is 13.3. The zero-order chi connectivity index (χ0) is 16.3. The topological polar surface area (TPSA) is 9.23 Å². The fraction of sp³-hybridized carbons (Fsp3) is 0.400. The van der Waals surface area contributed by atoms with E-state index in [0.29, 0.717) is 5.92 Å². The molecular weight excluding hydrogens is 294 g/mol. The molecule has 1 aliphatic rings. The van der Waals surface area contributed by atoms with Gasteiger partial charge in [-0.15, -0.1) is 0 Å². The molecule has 0 aromatic heterocycles. The Hall–Kier alpha value is -1.90. The lowest BCUT2D eigenvalue weighted by Crippen LogP contribution is -2.22. The molecule has 2 aromatic carbocycles. The molecule has 122 valence electrons. The zero-order valence-corrected chi connectivity index (χ0v) is 13.3. The summed E-state index contributed by atoms with van der Waals surface area (Å²) in [5.41, 5.74) is 1.06.